The van der Waals surface area contributed by atoms with E-state index in [0.717, 1.165) is 25.9 Å². The highest BCUT2D eigenvalue weighted by Crippen LogP contribution is 2.37. The Morgan fingerprint density at radius 1 is 1.34 bits per heavy atom. The van der Waals surface area contributed by atoms with Crippen molar-refractivity contribution in [2.24, 2.45) is 5.92 Å². The van der Waals surface area contributed by atoms with E-state index in [1.54, 1.807) is 11.9 Å². The number of hydrogen-bond acceptors (Lipinski definition) is 5. The summed E-state index contributed by atoms with van der Waals surface area (Å²) in [5.74, 6) is -1.43. The topological polar surface area (TPSA) is 31.4 Å². The highest BCUT2D eigenvalue weighted by molar-refractivity contribution is 8.00. The van der Waals surface area contributed by atoms with Crippen LogP contribution in [0.15, 0.2) is 29.2 Å². The highest BCUT2D eigenvalue weighted by Gasteiger charge is 2.22. The Labute approximate surface area is 178 Å². The molecule has 29 heavy (non-hydrogen) atoms. The van der Waals surface area contributed by atoms with Crippen LogP contribution in [0, 0.1) is 23.5 Å². The molecule has 1 aromatic heterocycles. The van der Waals surface area contributed by atoms with Crippen LogP contribution in [-0.2, 0) is 0 Å². The minimum Gasteiger partial charge on any atom is -0.373 e. The lowest BCUT2D eigenvalue weighted by Gasteiger charge is -2.22. The third kappa shape index (κ3) is 5.71. The average Bonchev–Trinajstić information content (AvgIpc) is 3.09. The molecule has 0 saturated carbocycles. The number of likely N-dealkylation sites (tertiary alicyclic amines) is 1. The van der Waals surface area contributed by atoms with Gasteiger partial charge < -0.3 is 14.5 Å². The van der Waals surface area contributed by atoms with Gasteiger partial charge in [0, 0.05) is 26.2 Å². The predicted molar refractivity (Wildman–Crippen MR) is 113 cm³/mol. The van der Waals surface area contributed by atoms with E-state index in [1.165, 1.54) is 30.7 Å². The predicted octanol–water partition coefficient (Wildman–Crippen LogP) is 5.44. The zero-order valence-electron chi connectivity index (χ0n) is 16.4. The molecule has 1 N–H and O–H groups in total. The van der Waals surface area contributed by atoms with E-state index in [-0.39, 0.29) is 15.7 Å². The second kappa shape index (κ2) is 9.91. The van der Waals surface area contributed by atoms with Gasteiger partial charge in [-0.2, -0.15) is 4.39 Å². The number of aromatic nitrogens is 1. The third-order valence-corrected chi connectivity index (χ3v) is 6.33. The van der Waals surface area contributed by atoms with E-state index in [2.05, 4.69) is 21.7 Å². The Morgan fingerprint density at radius 2 is 2.14 bits per heavy atom. The van der Waals surface area contributed by atoms with E-state index >= 15 is 0 Å². The number of nitrogens with one attached hydrogen (secondary N) is 1. The largest absolute Gasteiger partial charge is 0.373 e. The molecule has 2 heterocycles. The first-order valence-electron chi connectivity index (χ1n) is 9.47. The van der Waals surface area contributed by atoms with Gasteiger partial charge in [-0.25, -0.2) is 13.8 Å². The van der Waals surface area contributed by atoms with Crippen LogP contribution in [0.2, 0.25) is 5.02 Å². The lowest BCUT2D eigenvalue weighted by molar-refractivity contribution is 0.385. The fourth-order valence-corrected chi connectivity index (χ4v) is 4.52. The van der Waals surface area contributed by atoms with Gasteiger partial charge in [-0.1, -0.05) is 17.7 Å². The van der Waals surface area contributed by atoms with Gasteiger partial charge in [0.2, 0.25) is 5.95 Å². The molecule has 0 bridgehead atoms. The van der Waals surface area contributed by atoms with Crippen molar-refractivity contribution in [2.75, 3.05) is 43.4 Å². The van der Waals surface area contributed by atoms with E-state index in [4.69, 9.17) is 11.6 Å². The van der Waals surface area contributed by atoms with Crippen molar-refractivity contribution in [1.29, 1.82) is 0 Å². The first-order valence-corrected chi connectivity index (χ1v) is 10.7. The van der Waals surface area contributed by atoms with Gasteiger partial charge in [-0.05, 0) is 62.9 Å². The minimum absolute atomic E-state index is 0.133. The summed E-state index contributed by atoms with van der Waals surface area (Å²) < 4.78 is 45.1. The highest BCUT2D eigenvalue weighted by atomic mass is 35.5. The molecule has 1 fully saturated rings. The summed E-state index contributed by atoms with van der Waals surface area (Å²) in [4.78, 5) is 7.41. The molecule has 1 aliphatic rings. The van der Waals surface area contributed by atoms with Gasteiger partial charge in [-0.15, -0.1) is 0 Å². The molecule has 0 radical (unpaired) electrons. The van der Waals surface area contributed by atoms with Crippen LogP contribution < -0.4 is 9.62 Å². The molecule has 0 amide bonds. The van der Waals surface area contributed by atoms with Crippen molar-refractivity contribution in [3.05, 3.63) is 46.9 Å². The standard InChI is InChI=1S/C20H24ClF3N4S/c1-27-10-8-13(12-27)5-4-9-28(2)15-11-14(22)20(19(24)18(15)21)29-26-17-7-3-6-16(23)25-17/h3,6-7,11,13H,4-5,8-10,12H2,1-2H3,(H,25,26). The summed E-state index contributed by atoms with van der Waals surface area (Å²) in [5.41, 5.74) is 0.318. The first kappa shape index (κ1) is 22.1. The number of nitrogens with zero attached hydrogens (tertiary/aromatic N) is 3. The molecule has 1 aromatic carbocycles. The number of benzene rings is 1. The molecular weight excluding hydrogens is 421 g/mol. The quantitative estimate of drug-likeness (QED) is 0.333. The number of anilines is 2. The number of pyridine rings is 1. The van der Waals surface area contributed by atoms with Crippen LogP contribution >= 0.6 is 23.5 Å². The summed E-state index contributed by atoms with van der Waals surface area (Å²) in [6.45, 7) is 2.89. The van der Waals surface area contributed by atoms with Gasteiger partial charge >= 0.3 is 0 Å². The number of hydrogen-bond donors (Lipinski definition) is 1. The normalized spacial score (nSPS) is 17.0. The fraction of sp³-hybridized carbons (Fsp3) is 0.450. The number of halogens is 4. The van der Waals surface area contributed by atoms with Crippen molar-refractivity contribution >= 4 is 35.1 Å². The van der Waals surface area contributed by atoms with Crippen molar-refractivity contribution < 1.29 is 13.2 Å². The molecule has 2 aromatic rings. The summed E-state index contributed by atoms with van der Waals surface area (Å²) >= 11 is 6.86. The summed E-state index contributed by atoms with van der Waals surface area (Å²) in [5, 5.41) is -0.133. The maximum absolute atomic E-state index is 14.7. The summed E-state index contributed by atoms with van der Waals surface area (Å²) in [6, 6.07) is 5.37. The fourth-order valence-electron chi connectivity index (χ4n) is 3.51. The summed E-state index contributed by atoms with van der Waals surface area (Å²) in [6.07, 6.45) is 3.21. The second-order valence-corrected chi connectivity index (χ2v) is 8.56. The van der Waals surface area contributed by atoms with Crippen molar-refractivity contribution in [3.8, 4) is 0 Å². The molecule has 1 atom stereocenters. The molecule has 158 valence electrons. The van der Waals surface area contributed by atoms with E-state index < -0.39 is 17.6 Å². The molecule has 4 nitrogen and oxygen atoms in total. The second-order valence-electron chi connectivity index (χ2n) is 7.37. The molecular formula is C20H24ClF3N4S. The Bertz CT molecular complexity index is 855. The van der Waals surface area contributed by atoms with Gasteiger partial charge in [-0.3, -0.25) is 0 Å². The molecule has 1 aliphatic heterocycles. The van der Waals surface area contributed by atoms with Crippen molar-refractivity contribution in [1.82, 2.24) is 9.88 Å². The van der Waals surface area contributed by atoms with Crippen LogP contribution in [0.3, 0.4) is 0 Å². The van der Waals surface area contributed by atoms with Gasteiger partial charge in [0.15, 0.2) is 5.82 Å². The van der Waals surface area contributed by atoms with Crippen LogP contribution in [0.25, 0.3) is 0 Å². The van der Waals surface area contributed by atoms with Crippen LogP contribution in [0.1, 0.15) is 19.3 Å². The summed E-state index contributed by atoms with van der Waals surface area (Å²) in [7, 11) is 3.90. The Kier molecular flexibility index (Phi) is 7.54. The van der Waals surface area contributed by atoms with Gasteiger partial charge in [0.1, 0.15) is 21.6 Å². The Hall–Kier alpha value is -1.64. The van der Waals surface area contributed by atoms with E-state index in [9.17, 15) is 13.2 Å². The van der Waals surface area contributed by atoms with Crippen LogP contribution in [-0.4, -0.2) is 43.6 Å². The first-order chi connectivity index (χ1) is 13.8. The van der Waals surface area contributed by atoms with E-state index in [1.807, 2.05) is 0 Å². The number of rotatable bonds is 8. The average molecular weight is 445 g/mol. The minimum atomic E-state index is -0.847. The zero-order valence-corrected chi connectivity index (χ0v) is 18.0. The van der Waals surface area contributed by atoms with Gasteiger partial charge in [0.05, 0.1) is 5.69 Å². The third-order valence-electron chi connectivity index (χ3n) is 5.08. The lowest BCUT2D eigenvalue weighted by atomic mass is 10.0. The molecule has 1 unspecified atom stereocenters. The zero-order chi connectivity index (χ0) is 21.0. The smallest absolute Gasteiger partial charge is 0.214 e. The van der Waals surface area contributed by atoms with Crippen LogP contribution in [0.4, 0.5) is 24.7 Å². The maximum Gasteiger partial charge on any atom is 0.214 e. The van der Waals surface area contributed by atoms with E-state index in [0.29, 0.717) is 30.1 Å². The van der Waals surface area contributed by atoms with Crippen molar-refractivity contribution in [3.63, 3.8) is 0 Å². The molecule has 9 heteroatoms. The monoisotopic (exact) mass is 444 g/mol. The molecule has 3 rings (SSSR count). The Morgan fingerprint density at radius 3 is 2.83 bits per heavy atom. The lowest BCUT2D eigenvalue weighted by Crippen LogP contribution is -2.21. The SMILES string of the molecule is CN1CCC(CCCN(C)c2cc(F)c(SNc3cccc(F)n3)c(F)c2Cl)C1. The molecule has 0 spiro atoms. The van der Waals surface area contributed by atoms with Crippen molar-refractivity contribution in [2.45, 2.75) is 24.2 Å². The van der Waals surface area contributed by atoms with Gasteiger partial charge in [0.25, 0.3) is 0 Å². The van der Waals surface area contributed by atoms with Crippen LogP contribution in [0.5, 0.6) is 0 Å². The Balaban J connectivity index is 1.62. The maximum atomic E-state index is 14.7. The molecule has 0 aliphatic carbocycles. The molecule has 1 saturated heterocycles.